The Kier molecular flexibility index (Phi) is 4.87. The fourth-order valence-electron chi connectivity index (χ4n) is 3.54. The van der Waals surface area contributed by atoms with Crippen LogP contribution in [-0.4, -0.2) is 24.8 Å². The molecule has 2 unspecified atom stereocenters. The van der Waals surface area contributed by atoms with Gasteiger partial charge in [0.15, 0.2) is 0 Å². The molecule has 17 heavy (non-hydrogen) atoms. The Morgan fingerprint density at radius 3 is 2.53 bits per heavy atom. The summed E-state index contributed by atoms with van der Waals surface area (Å²) in [5.41, 5.74) is 0. The fraction of sp³-hybridized carbons (Fsp3) is 1.00. The molecule has 2 nitrogen and oxygen atoms in total. The minimum Gasteiger partial charge on any atom is -0.378 e. The first-order valence-corrected chi connectivity index (χ1v) is 7.58. The van der Waals surface area contributed by atoms with Gasteiger partial charge in [0.05, 0.1) is 6.10 Å². The molecule has 0 aromatic rings. The number of nitrogens with one attached hydrogen (secondary N) is 1. The summed E-state index contributed by atoms with van der Waals surface area (Å²) < 4.78 is 5.63. The van der Waals surface area contributed by atoms with E-state index in [1.54, 1.807) is 0 Å². The van der Waals surface area contributed by atoms with Gasteiger partial charge in [0, 0.05) is 18.7 Å². The van der Waals surface area contributed by atoms with E-state index in [4.69, 9.17) is 4.74 Å². The molecule has 100 valence electrons. The van der Waals surface area contributed by atoms with Gasteiger partial charge in [-0.05, 0) is 44.4 Å². The molecule has 0 aromatic carbocycles. The highest BCUT2D eigenvalue weighted by Crippen LogP contribution is 2.32. The first kappa shape index (κ1) is 13.4. The zero-order valence-electron chi connectivity index (χ0n) is 11.7. The van der Waals surface area contributed by atoms with Crippen LogP contribution in [0.1, 0.15) is 59.3 Å². The molecular formula is C15H29NO. The van der Waals surface area contributed by atoms with Crippen LogP contribution in [-0.2, 0) is 4.74 Å². The van der Waals surface area contributed by atoms with Crippen LogP contribution in [0.5, 0.6) is 0 Å². The molecular weight excluding hydrogens is 210 g/mol. The highest BCUT2D eigenvalue weighted by atomic mass is 16.5. The van der Waals surface area contributed by atoms with Crippen molar-refractivity contribution in [3.8, 4) is 0 Å². The van der Waals surface area contributed by atoms with Crippen molar-refractivity contribution >= 4 is 0 Å². The third-order valence-electron chi connectivity index (χ3n) is 4.62. The highest BCUT2D eigenvalue weighted by molar-refractivity contribution is 4.92. The van der Waals surface area contributed by atoms with Crippen LogP contribution in [0.3, 0.4) is 0 Å². The molecule has 2 fully saturated rings. The largest absolute Gasteiger partial charge is 0.378 e. The van der Waals surface area contributed by atoms with E-state index in [1.807, 2.05) is 0 Å². The predicted octanol–water partition coefficient (Wildman–Crippen LogP) is 3.36. The zero-order chi connectivity index (χ0) is 12.3. The maximum Gasteiger partial charge on any atom is 0.0604 e. The van der Waals surface area contributed by atoms with E-state index >= 15 is 0 Å². The Hall–Kier alpha value is -0.0800. The van der Waals surface area contributed by atoms with Gasteiger partial charge in [-0.25, -0.2) is 0 Å². The van der Waals surface area contributed by atoms with Gasteiger partial charge in [-0.2, -0.15) is 0 Å². The lowest BCUT2D eigenvalue weighted by Crippen LogP contribution is -2.52. The van der Waals surface area contributed by atoms with Crippen LogP contribution < -0.4 is 5.32 Å². The number of hydrogen-bond acceptors (Lipinski definition) is 2. The van der Waals surface area contributed by atoms with Gasteiger partial charge in [-0.3, -0.25) is 0 Å². The molecule has 0 spiro atoms. The molecule has 0 bridgehead atoms. The molecule has 0 heterocycles. The standard InChI is InChI=1S/C15H29NO/c1-4-17-13-9-12(10-13)16-15-8-6-5-7-14(15)11(2)3/h11-16H,4-10H2,1-3H3. The van der Waals surface area contributed by atoms with E-state index < -0.39 is 0 Å². The zero-order valence-corrected chi connectivity index (χ0v) is 11.7. The van der Waals surface area contributed by atoms with Crippen molar-refractivity contribution in [1.82, 2.24) is 5.32 Å². The summed E-state index contributed by atoms with van der Waals surface area (Å²) in [6.45, 7) is 7.73. The minimum atomic E-state index is 0.540. The predicted molar refractivity (Wildman–Crippen MR) is 72.2 cm³/mol. The lowest BCUT2D eigenvalue weighted by Gasteiger charge is -2.42. The van der Waals surface area contributed by atoms with Gasteiger partial charge in [0.1, 0.15) is 0 Å². The molecule has 0 saturated heterocycles. The Morgan fingerprint density at radius 1 is 1.18 bits per heavy atom. The average Bonchev–Trinajstić information content (AvgIpc) is 2.26. The van der Waals surface area contributed by atoms with Gasteiger partial charge in [0.25, 0.3) is 0 Å². The first-order chi connectivity index (χ1) is 8.20. The molecule has 1 N–H and O–H groups in total. The van der Waals surface area contributed by atoms with Gasteiger partial charge in [-0.15, -0.1) is 0 Å². The van der Waals surface area contributed by atoms with Gasteiger partial charge < -0.3 is 10.1 Å². The van der Waals surface area contributed by atoms with Crippen molar-refractivity contribution in [2.75, 3.05) is 6.61 Å². The van der Waals surface area contributed by atoms with E-state index in [-0.39, 0.29) is 0 Å². The van der Waals surface area contributed by atoms with E-state index in [0.29, 0.717) is 6.10 Å². The normalized spacial score (nSPS) is 38.1. The summed E-state index contributed by atoms with van der Waals surface area (Å²) >= 11 is 0. The summed E-state index contributed by atoms with van der Waals surface area (Å²) in [4.78, 5) is 0. The lowest BCUT2D eigenvalue weighted by molar-refractivity contribution is -0.0165. The Labute approximate surface area is 107 Å². The van der Waals surface area contributed by atoms with Gasteiger partial charge >= 0.3 is 0 Å². The van der Waals surface area contributed by atoms with Crippen molar-refractivity contribution in [3.05, 3.63) is 0 Å². The van der Waals surface area contributed by atoms with E-state index in [9.17, 15) is 0 Å². The smallest absolute Gasteiger partial charge is 0.0604 e. The first-order valence-electron chi connectivity index (χ1n) is 7.58. The topological polar surface area (TPSA) is 21.3 Å². The van der Waals surface area contributed by atoms with Crippen molar-refractivity contribution in [2.24, 2.45) is 11.8 Å². The van der Waals surface area contributed by atoms with Crippen LogP contribution in [0.4, 0.5) is 0 Å². The van der Waals surface area contributed by atoms with E-state index in [1.165, 1.54) is 38.5 Å². The third-order valence-corrected chi connectivity index (χ3v) is 4.62. The van der Waals surface area contributed by atoms with Crippen LogP contribution in [0.15, 0.2) is 0 Å². The van der Waals surface area contributed by atoms with Crippen LogP contribution >= 0.6 is 0 Å². The molecule has 2 aliphatic carbocycles. The quantitative estimate of drug-likeness (QED) is 0.794. The Balaban J connectivity index is 1.74. The van der Waals surface area contributed by atoms with Gasteiger partial charge in [-0.1, -0.05) is 26.7 Å². The summed E-state index contributed by atoms with van der Waals surface area (Å²) in [7, 11) is 0. The Bertz CT molecular complexity index is 223. The number of ether oxygens (including phenoxy) is 1. The molecule has 2 heteroatoms. The molecule has 2 rings (SSSR count). The number of rotatable bonds is 5. The molecule has 0 aliphatic heterocycles. The number of hydrogen-bond donors (Lipinski definition) is 1. The van der Waals surface area contributed by atoms with Crippen molar-refractivity contribution in [3.63, 3.8) is 0 Å². The van der Waals surface area contributed by atoms with Crippen LogP contribution in [0, 0.1) is 11.8 Å². The monoisotopic (exact) mass is 239 g/mol. The maximum absolute atomic E-state index is 5.63. The van der Waals surface area contributed by atoms with Crippen molar-refractivity contribution < 1.29 is 4.74 Å². The molecule has 0 aromatic heterocycles. The molecule has 0 amide bonds. The molecule has 2 aliphatic rings. The summed E-state index contributed by atoms with van der Waals surface area (Å²) in [6, 6.07) is 1.51. The summed E-state index contributed by atoms with van der Waals surface area (Å²) in [5.74, 6) is 1.73. The summed E-state index contributed by atoms with van der Waals surface area (Å²) in [5, 5.41) is 3.90. The van der Waals surface area contributed by atoms with Crippen LogP contribution in [0.25, 0.3) is 0 Å². The fourth-order valence-corrected chi connectivity index (χ4v) is 3.54. The second kappa shape index (κ2) is 6.19. The van der Waals surface area contributed by atoms with Crippen molar-refractivity contribution in [1.29, 1.82) is 0 Å². The summed E-state index contributed by atoms with van der Waals surface area (Å²) in [6.07, 6.45) is 8.67. The second-order valence-corrected chi connectivity index (χ2v) is 6.21. The van der Waals surface area contributed by atoms with E-state index in [2.05, 4.69) is 26.1 Å². The average molecular weight is 239 g/mol. The molecule has 2 atom stereocenters. The maximum atomic E-state index is 5.63. The highest BCUT2D eigenvalue weighted by Gasteiger charge is 2.34. The second-order valence-electron chi connectivity index (χ2n) is 6.21. The van der Waals surface area contributed by atoms with E-state index in [0.717, 1.165) is 30.5 Å². The molecule has 2 saturated carbocycles. The van der Waals surface area contributed by atoms with Crippen molar-refractivity contribution in [2.45, 2.75) is 77.5 Å². The lowest BCUT2D eigenvalue weighted by atomic mass is 9.76. The SMILES string of the molecule is CCOC1CC(NC2CCCCC2C(C)C)C1. The van der Waals surface area contributed by atoms with Gasteiger partial charge in [0.2, 0.25) is 0 Å². The van der Waals surface area contributed by atoms with Crippen LogP contribution in [0.2, 0.25) is 0 Å². The third kappa shape index (κ3) is 3.45. The molecule has 0 radical (unpaired) electrons. The minimum absolute atomic E-state index is 0.540. The Morgan fingerprint density at radius 2 is 1.88 bits per heavy atom.